The molecule has 1 fully saturated rings. The summed E-state index contributed by atoms with van der Waals surface area (Å²) in [6.07, 6.45) is 0. The Morgan fingerprint density at radius 1 is 0.556 bits per heavy atom. The van der Waals surface area contributed by atoms with E-state index in [9.17, 15) is 10.5 Å². The Bertz CT molecular complexity index is 1050. The first-order valence-electron chi connectivity index (χ1n) is 11.4. The van der Waals surface area contributed by atoms with Crippen LogP contribution in [-0.2, 0) is 0 Å². The molecular formula is C26H32N4O6. The monoisotopic (exact) mass is 496 g/mol. The van der Waals surface area contributed by atoms with Crippen LogP contribution in [-0.4, -0.2) is 78.6 Å². The number of hydrogen-bond donors (Lipinski definition) is 0. The topological polar surface area (TPSA) is 109 Å². The van der Waals surface area contributed by atoms with E-state index in [0.29, 0.717) is 71.8 Å². The maximum Gasteiger partial charge on any atom is 0.203 e. The van der Waals surface area contributed by atoms with Crippen LogP contribution in [0.25, 0.3) is 0 Å². The van der Waals surface area contributed by atoms with Gasteiger partial charge in [-0.15, -0.1) is 0 Å². The molecule has 0 aliphatic carbocycles. The van der Waals surface area contributed by atoms with Crippen LogP contribution in [0.2, 0.25) is 0 Å². The third kappa shape index (κ3) is 4.92. The van der Waals surface area contributed by atoms with Crippen LogP contribution in [0.3, 0.4) is 0 Å². The summed E-state index contributed by atoms with van der Waals surface area (Å²) < 4.78 is 33.0. The van der Waals surface area contributed by atoms with Crippen molar-refractivity contribution in [2.24, 2.45) is 0 Å². The summed E-state index contributed by atoms with van der Waals surface area (Å²) >= 11 is 0. The quantitative estimate of drug-likeness (QED) is 0.486. The number of hydrogen-bond acceptors (Lipinski definition) is 10. The molecular weight excluding hydrogens is 464 g/mol. The van der Waals surface area contributed by atoms with E-state index in [1.165, 1.54) is 14.2 Å². The zero-order chi connectivity index (χ0) is 26.2. The van der Waals surface area contributed by atoms with Crippen molar-refractivity contribution in [1.29, 1.82) is 10.5 Å². The second-order valence-corrected chi connectivity index (χ2v) is 7.98. The lowest BCUT2D eigenvalue weighted by atomic mass is 10.0. The minimum atomic E-state index is -0.557. The van der Waals surface area contributed by atoms with Crippen LogP contribution in [0.4, 0.5) is 0 Å². The van der Waals surface area contributed by atoms with Gasteiger partial charge in [0, 0.05) is 37.3 Å². The van der Waals surface area contributed by atoms with Crippen molar-refractivity contribution in [3.63, 3.8) is 0 Å². The molecule has 1 aliphatic rings. The van der Waals surface area contributed by atoms with Gasteiger partial charge in [0.2, 0.25) is 11.5 Å². The van der Waals surface area contributed by atoms with Gasteiger partial charge in [0.05, 0.1) is 54.8 Å². The van der Waals surface area contributed by atoms with Gasteiger partial charge in [-0.2, -0.15) is 10.5 Å². The Kier molecular flexibility index (Phi) is 9.07. The van der Waals surface area contributed by atoms with Gasteiger partial charge in [0.25, 0.3) is 0 Å². The van der Waals surface area contributed by atoms with E-state index in [4.69, 9.17) is 28.4 Å². The zero-order valence-corrected chi connectivity index (χ0v) is 21.5. The first-order valence-corrected chi connectivity index (χ1v) is 11.4. The molecule has 2 aromatic rings. The second kappa shape index (κ2) is 12.2. The maximum absolute atomic E-state index is 10.1. The van der Waals surface area contributed by atoms with Crippen molar-refractivity contribution in [3.05, 3.63) is 35.4 Å². The van der Waals surface area contributed by atoms with Gasteiger partial charge in [-0.05, 0) is 24.3 Å². The van der Waals surface area contributed by atoms with E-state index in [-0.39, 0.29) is 0 Å². The average molecular weight is 497 g/mol. The summed E-state index contributed by atoms with van der Waals surface area (Å²) in [5.41, 5.74) is 1.40. The molecule has 192 valence electrons. The Hall–Kier alpha value is -3.86. The van der Waals surface area contributed by atoms with Gasteiger partial charge in [0.15, 0.2) is 23.0 Å². The predicted molar refractivity (Wildman–Crippen MR) is 132 cm³/mol. The van der Waals surface area contributed by atoms with Crippen molar-refractivity contribution in [3.8, 4) is 46.6 Å². The Morgan fingerprint density at radius 3 is 1.14 bits per heavy atom. The third-order valence-corrected chi connectivity index (χ3v) is 6.38. The van der Waals surface area contributed by atoms with Crippen LogP contribution >= 0.6 is 0 Å². The molecule has 0 bridgehead atoms. The molecule has 36 heavy (non-hydrogen) atoms. The molecule has 0 aromatic heterocycles. The SMILES string of the molecule is COc1ccc(C(C#N)N2CCN(C(C#N)c3ccc(OC)c(OC)c3OC)CC2)c(OC)c1OC. The van der Waals surface area contributed by atoms with Crippen molar-refractivity contribution >= 4 is 0 Å². The molecule has 2 atom stereocenters. The van der Waals surface area contributed by atoms with E-state index in [0.717, 1.165) is 0 Å². The molecule has 3 rings (SSSR count). The molecule has 2 aromatic carbocycles. The minimum absolute atomic E-state index is 0.446. The van der Waals surface area contributed by atoms with Crippen molar-refractivity contribution in [2.75, 3.05) is 68.8 Å². The standard InChI is InChI=1S/C26H32N4O6/c1-31-21-9-7-17(23(33-3)25(21)35-5)19(15-27)29-11-13-30(14-12-29)20(16-28)18-8-10-22(32-2)26(36-6)24(18)34-4/h7-10,19-20H,11-14H2,1-6H3. The number of benzene rings is 2. The van der Waals surface area contributed by atoms with Gasteiger partial charge in [-0.25, -0.2) is 0 Å². The normalized spacial score (nSPS) is 15.7. The highest BCUT2D eigenvalue weighted by Gasteiger charge is 2.33. The highest BCUT2D eigenvalue weighted by atomic mass is 16.5. The number of nitriles is 2. The van der Waals surface area contributed by atoms with E-state index in [1.807, 2.05) is 12.1 Å². The number of ether oxygens (including phenoxy) is 6. The van der Waals surface area contributed by atoms with Crippen LogP contribution in [0, 0.1) is 22.7 Å². The first kappa shape index (κ1) is 26.7. The Labute approximate surface area is 212 Å². The fraction of sp³-hybridized carbons (Fsp3) is 0.462. The van der Waals surface area contributed by atoms with E-state index >= 15 is 0 Å². The van der Waals surface area contributed by atoms with Crippen LogP contribution in [0.15, 0.2) is 24.3 Å². The van der Waals surface area contributed by atoms with Crippen LogP contribution in [0.5, 0.6) is 34.5 Å². The summed E-state index contributed by atoms with van der Waals surface area (Å²) in [5, 5.41) is 20.2. The van der Waals surface area contributed by atoms with Gasteiger partial charge in [-0.1, -0.05) is 0 Å². The maximum atomic E-state index is 10.1. The van der Waals surface area contributed by atoms with Crippen molar-refractivity contribution in [1.82, 2.24) is 9.80 Å². The Balaban J connectivity index is 1.85. The van der Waals surface area contributed by atoms with E-state index in [1.54, 1.807) is 40.6 Å². The van der Waals surface area contributed by atoms with Gasteiger partial charge in [0.1, 0.15) is 12.1 Å². The van der Waals surface area contributed by atoms with E-state index in [2.05, 4.69) is 21.9 Å². The lowest BCUT2D eigenvalue weighted by Crippen LogP contribution is -2.48. The van der Waals surface area contributed by atoms with Crippen LogP contribution < -0.4 is 28.4 Å². The second-order valence-electron chi connectivity index (χ2n) is 7.98. The highest BCUT2D eigenvalue weighted by Crippen LogP contribution is 2.45. The lowest BCUT2D eigenvalue weighted by Gasteiger charge is -2.39. The fourth-order valence-corrected chi connectivity index (χ4v) is 4.63. The molecule has 10 heteroatoms. The molecule has 0 amide bonds. The number of piperazine rings is 1. The zero-order valence-electron chi connectivity index (χ0n) is 21.5. The molecule has 0 spiro atoms. The molecule has 0 radical (unpaired) electrons. The van der Waals surface area contributed by atoms with Crippen molar-refractivity contribution < 1.29 is 28.4 Å². The highest BCUT2D eigenvalue weighted by molar-refractivity contribution is 5.58. The summed E-state index contributed by atoms with van der Waals surface area (Å²) in [6.45, 7) is 2.29. The minimum Gasteiger partial charge on any atom is -0.493 e. The molecule has 0 saturated carbocycles. The lowest BCUT2D eigenvalue weighted by molar-refractivity contribution is 0.0960. The number of methoxy groups -OCH3 is 6. The number of nitrogens with zero attached hydrogens (tertiary/aromatic N) is 4. The summed E-state index contributed by atoms with van der Waals surface area (Å²) in [6, 6.07) is 10.9. The predicted octanol–water partition coefficient (Wildman–Crippen LogP) is 3.19. The van der Waals surface area contributed by atoms with Crippen LogP contribution in [0.1, 0.15) is 23.2 Å². The molecule has 1 saturated heterocycles. The summed E-state index contributed by atoms with van der Waals surface area (Å²) in [5.74, 6) is 2.88. The third-order valence-electron chi connectivity index (χ3n) is 6.38. The van der Waals surface area contributed by atoms with Gasteiger partial charge >= 0.3 is 0 Å². The van der Waals surface area contributed by atoms with Crippen molar-refractivity contribution in [2.45, 2.75) is 12.1 Å². The first-order chi connectivity index (χ1) is 17.5. The fourth-order valence-electron chi connectivity index (χ4n) is 4.63. The Morgan fingerprint density at radius 2 is 0.889 bits per heavy atom. The molecule has 2 unspecified atom stereocenters. The largest absolute Gasteiger partial charge is 0.493 e. The molecule has 1 aliphatic heterocycles. The molecule has 0 N–H and O–H groups in total. The molecule has 1 heterocycles. The number of rotatable bonds is 10. The molecule has 10 nitrogen and oxygen atoms in total. The van der Waals surface area contributed by atoms with Gasteiger partial charge < -0.3 is 28.4 Å². The summed E-state index contributed by atoms with van der Waals surface area (Å²) in [7, 11) is 9.26. The smallest absolute Gasteiger partial charge is 0.203 e. The average Bonchev–Trinajstić information content (AvgIpc) is 2.93. The van der Waals surface area contributed by atoms with Gasteiger partial charge in [-0.3, -0.25) is 9.80 Å². The van der Waals surface area contributed by atoms with E-state index < -0.39 is 12.1 Å². The summed E-state index contributed by atoms with van der Waals surface area (Å²) in [4.78, 5) is 4.14.